The summed E-state index contributed by atoms with van der Waals surface area (Å²) in [5.41, 5.74) is -0.305. The fourth-order valence-corrected chi connectivity index (χ4v) is 5.64. The summed E-state index contributed by atoms with van der Waals surface area (Å²) in [6.45, 7) is 2.25. The Morgan fingerprint density at radius 3 is 1.97 bits per heavy atom. The zero-order valence-corrected chi connectivity index (χ0v) is 20.5. The van der Waals surface area contributed by atoms with Gasteiger partial charge in [0.15, 0.2) is 0 Å². The molecule has 0 bridgehead atoms. The first-order valence-electron chi connectivity index (χ1n) is 12.9. The largest absolute Gasteiger partial charge is 0.422 e. The third kappa shape index (κ3) is 6.24. The van der Waals surface area contributed by atoms with Gasteiger partial charge in [0.1, 0.15) is 23.0 Å². The predicted molar refractivity (Wildman–Crippen MR) is 131 cm³/mol. The number of hydrogen-bond donors (Lipinski definition) is 0. The standard InChI is InChI=1S/C30H32F6/c1-2-3-19-4-6-20(7-5-19)8-9-21-11-15-25-24(16-21)14-13-23(29(25)33)12-10-22-17-26(31)28(27(32)18-22)30(34,35)36/h11,13-20H,2-10,12H2,1H3. The Balaban J connectivity index is 1.39. The molecule has 0 aromatic heterocycles. The highest BCUT2D eigenvalue weighted by molar-refractivity contribution is 5.84. The lowest BCUT2D eigenvalue weighted by Crippen LogP contribution is -2.15. The lowest BCUT2D eigenvalue weighted by molar-refractivity contribution is -0.142. The molecule has 0 heterocycles. The molecule has 6 heteroatoms. The summed E-state index contributed by atoms with van der Waals surface area (Å²) >= 11 is 0. The maximum atomic E-state index is 15.2. The molecule has 0 amide bonds. The van der Waals surface area contributed by atoms with E-state index in [0.717, 1.165) is 30.1 Å². The number of rotatable bonds is 8. The first kappa shape index (κ1) is 26.6. The second-order valence-corrected chi connectivity index (χ2v) is 10.2. The zero-order chi connectivity index (χ0) is 25.9. The van der Waals surface area contributed by atoms with Gasteiger partial charge >= 0.3 is 6.18 Å². The number of alkyl halides is 3. The summed E-state index contributed by atoms with van der Waals surface area (Å²) in [5, 5.41) is 1.27. The zero-order valence-electron chi connectivity index (χ0n) is 20.5. The van der Waals surface area contributed by atoms with Crippen LogP contribution in [0.25, 0.3) is 10.8 Å². The van der Waals surface area contributed by atoms with E-state index < -0.39 is 29.2 Å². The molecular weight excluding hydrogens is 474 g/mol. The van der Waals surface area contributed by atoms with Crippen molar-refractivity contribution in [2.24, 2.45) is 11.8 Å². The predicted octanol–water partition coefficient (Wildman–Crippen LogP) is 9.60. The SMILES string of the molecule is CCCC1CCC(CCc2ccc3c(F)c(CCc4cc(F)c(C(F)(F)F)c(F)c4)ccc3c2)CC1. The lowest BCUT2D eigenvalue weighted by Gasteiger charge is -2.28. The highest BCUT2D eigenvalue weighted by Gasteiger charge is 2.37. The minimum Gasteiger partial charge on any atom is -0.206 e. The van der Waals surface area contributed by atoms with E-state index in [1.54, 1.807) is 12.1 Å². The van der Waals surface area contributed by atoms with Crippen molar-refractivity contribution in [1.29, 1.82) is 0 Å². The summed E-state index contributed by atoms with van der Waals surface area (Å²) in [7, 11) is 0. The maximum Gasteiger partial charge on any atom is 0.422 e. The van der Waals surface area contributed by atoms with Crippen LogP contribution in [-0.2, 0) is 25.4 Å². The van der Waals surface area contributed by atoms with E-state index in [1.807, 2.05) is 18.2 Å². The van der Waals surface area contributed by atoms with E-state index in [0.29, 0.717) is 23.1 Å². The van der Waals surface area contributed by atoms with Crippen LogP contribution in [0.1, 0.15) is 74.1 Å². The van der Waals surface area contributed by atoms with Crippen molar-refractivity contribution in [3.63, 3.8) is 0 Å². The highest BCUT2D eigenvalue weighted by Crippen LogP contribution is 2.35. The van der Waals surface area contributed by atoms with Gasteiger partial charge in [-0.05, 0) is 71.7 Å². The van der Waals surface area contributed by atoms with Gasteiger partial charge in [-0.2, -0.15) is 13.2 Å². The smallest absolute Gasteiger partial charge is 0.206 e. The van der Waals surface area contributed by atoms with Gasteiger partial charge in [0.2, 0.25) is 0 Å². The molecule has 3 aromatic rings. The minimum absolute atomic E-state index is 0.0208. The van der Waals surface area contributed by atoms with Crippen LogP contribution in [-0.4, -0.2) is 0 Å². The third-order valence-electron chi connectivity index (χ3n) is 7.67. The number of halogens is 6. The van der Waals surface area contributed by atoms with Gasteiger partial charge in [0.25, 0.3) is 0 Å². The normalized spacial score (nSPS) is 18.6. The maximum absolute atomic E-state index is 15.2. The number of benzene rings is 3. The van der Waals surface area contributed by atoms with E-state index in [1.165, 1.54) is 44.1 Å². The Bertz CT molecular complexity index is 1160. The molecule has 4 rings (SSSR count). The van der Waals surface area contributed by atoms with Crippen molar-refractivity contribution in [1.82, 2.24) is 0 Å². The minimum atomic E-state index is -5.11. The molecule has 194 valence electrons. The Labute approximate surface area is 208 Å². The van der Waals surface area contributed by atoms with Crippen molar-refractivity contribution in [3.05, 3.63) is 82.2 Å². The molecule has 0 N–H and O–H groups in total. The van der Waals surface area contributed by atoms with Crippen molar-refractivity contribution in [2.45, 2.75) is 77.3 Å². The Morgan fingerprint density at radius 2 is 1.36 bits per heavy atom. The van der Waals surface area contributed by atoms with Gasteiger partial charge in [0.05, 0.1) is 0 Å². The molecule has 3 aromatic carbocycles. The van der Waals surface area contributed by atoms with E-state index >= 15 is 4.39 Å². The van der Waals surface area contributed by atoms with Gasteiger partial charge in [0, 0.05) is 5.39 Å². The van der Waals surface area contributed by atoms with E-state index in [9.17, 15) is 22.0 Å². The van der Waals surface area contributed by atoms with Crippen molar-refractivity contribution in [3.8, 4) is 0 Å². The van der Waals surface area contributed by atoms with Gasteiger partial charge in [-0.25, -0.2) is 13.2 Å². The molecular formula is C30H32F6. The molecule has 0 atom stereocenters. The number of aryl methyl sites for hydroxylation is 3. The summed E-state index contributed by atoms with van der Waals surface area (Å²) in [6.07, 6.45) is 4.99. The average Bonchev–Trinajstić information content (AvgIpc) is 2.82. The van der Waals surface area contributed by atoms with Crippen molar-refractivity contribution in [2.75, 3.05) is 0 Å². The monoisotopic (exact) mass is 506 g/mol. The summed E-state index contributed by atoms with van der Waals surface area (Å²) < 4.78 is 81.2. The third-order valence-corrected chi connectivity index (χ3v) is 7.67. The van der Waals surface area contributed by atoms with E-state index in [2.05, 4.69) is 6.92 Å². The van der Waals surface area contributed by atoms with Gasteiger partial charge in [-0.3, -0.25) is 0 Å². The van der Waals surface area contributed by atoms with Crippen LogP contribution in [0.3, 0.4) is 0 Å². The van der Waals surface area contributed by atoms with Crippen LogP contribution in [0.2, 0.25) is 0 Å². The highest BCUT2D eigenvalue weighted by atomic mass is 19.4. The second-order valence-electron chi connectivity index (χ2n) is 10.2. The molecule has 36 heavy (non-hydrogen) atoms. The topological polar surface area (TPSA) is 0 Å². The molecule has 0 aliphatic heterocycles. The first-order valence-corrected chi connectivity index (χ1v) is 12.9. The van der Waals surface area contributed by atoms with Crippen LogP contribution in [0.15, 0.2) is 42.5 Å². The summed E-state index contributed by atoms with van der Waals surface area (Å²) in [5.74, 6) is -2.06. The molecule has 1 fully saturated rings. The molecule has 1 saturated carbocycles. The second kappa shape index (κ2) is 11.3. The molecule has 1 aliphatic rings. The molecule has 0 spiro atoms. The van der Waals surface area contributed by atoms with Crippen LogP contribution in [0.4, 0.5) is 26.3 Å². The fourth-order valence-electron chi connectivity index (χ4n) is 5.64. The van der Waals surface area contributed by atoms with E-state index in [-0.39, 0.29) is 18.4 Å². The van der Waals surface area contributed by atoms with Crippen LogP contribution in [0, 0.1) is 29.3 Å². The summed E-state index contributed by atoms with van der Waals surface area (Å²) in [4.78, 5) is 0. The van der Waals surface area contributed by atoms with Crippen molar-refractivity contribution < 1.29 is 26.3 Å². The van der Waals surface area contributed by atoms with Gasteiger partial charge in [-0.15, -0.1) is 0 Å². The Hall–Kier alpha value is -2.50. The van der Waals surface area contributed by atoms with Crippen LogP contribution in [0.5, 0.6) is 0 Å². The van der Waals surface area contributed by atoms with Crippen LogP contribution >= 0.6 is 0 Å². The molecule has 1 aliphatic carbocycles. The quantitative estimate of drug-likeness (QED) is 0.267. The molecule has 0 nitrogen and oxygen atoms in total. The Kier molecular flexibility index (Phi) is 8.31. The molecule has 0 radical (unpaired) electrons. The average molecular weight is 507 g/mol. The Morgan fingerprint density at radius 1 is 0.722 bits per heavy atom. The van der Waals surface area contributed by atoms with Crippen molar-refractivity contribution >= 4 is 10.8 Å². The number of fused-ring (bicyclic) bond motifs is 1. The van der Waals surface area contributed by atoms with E-state index in [4.69, 9.17) is 0 Å². The summed E-state index contributed by atoms with van der Waals surface area (Å²) in [6, 6.07) is 10.6. The molecule has 0 unspecified atom stereocenters. The van der Waals surface area contributed by atoms with Gasteiger partial charge in [-0.1, -0.05) is 75.8 Å². The fraction of sp³-hybridized carbons (Fsp3) is 0.467. The molecule has 0 saturated heterocycles. The number of hydrogen-bond acceptors (Lipinski definition) is 0. The first-order chi connectivity index (χ1) is 17.2. The van der Waals surface area contributed by atoms with Gasteiger partial charge < -0.3 is 0 Å². The lowest BCUT2D eigenvalue weighted by atomic mass is 9.78. The van der Waals surface area contributed by atoms with Crippen LogP contribution < -0.4 is 0 Å².